The van der Waals surface area contributed by atoms with Crippen LogP contribution >= 0.6 is 15.9 Å². The molecule has 0 aliphatic heterocycles. The summed E-state index contributed by atoms with van der Waals surface area (Å²) in [6.45, 7) is 5.53. The first-order valence-electron chi connectivity index (χ1n) is 7.50. The van der Waals surface area contributed by atoms with Crippen LogP contribution < -0.4 is 5.32 Å². The van der Waals surface area contributed by atoms with Crippen molar-refractivity contribution >= 4 is 33.5 Å². The minimum absolute atomic E-state index is 0.0800. The fraction of sp³-hybridized carbons (Fsp3) is 0.353. The van der Waals surface area contributed by atoms with Gasteiger partial charge in [0.1, 0.15) is 6.54 Å². The quantitative estimate of drug-likeness (QED) is 0.791. The number of benzene rings is 1. The summed E-state index contributed by atoms with van der Waals surface area (Å²) in [7, 11) is 1.36. The van der Waals surface area contributed by atoms with Gasteiger partial charge in [-0.15, -0.1) is 0 Å². The molecule has 0 spiro atoms. The number of amides is 1. The minimum Gasteiger partial charge on any atom is -0.469 e. The Morgan fingerprint density at radius 2 is 1.92 bits per heavy atom. The number of ether oxygens (including phenoxy) is 1. The van der Waals surface area contributed by atoms with Gasteiger partial charge in [-0.3, -0.25) is 14.3 Å². The normalized spacial score (nSPS) is 11.9. The lowest BCUT2D eigenvalue weighted by Gasteiger charge is -2.10. The predicted octanol–water partition coefficient (Wildman–Crippen LogP) is 3.18. The maximum atomic E-state index is 12.2. The summed E-state index contributed by atoms with van der Waals surface area (Å²) < 4.78 is 7.35. The molecular formula is C17H20BrN3O3. The van der Waals surface area contributed by atoms with Crippen LogP contribution in [0.3, 0.4) is 0 Å². The molecule has 1 unspecified atom stereocenters. The van der Waals surface area contributed by atoms with E-state index in [0.717, 1.165) is 21.4 Å². The Kier molecular flexibility index (Phi) is 5.77. The van der Waals surface area contributed by atoms with Crippen LogP contribution in [0.4, 0.5) is 5.69 Å². The van der Waals surface area contributed by atoms with E-state index in [9.17, 15) is 9.59 Å². The highest BCUT2D eigenvalue weighted by Gasteiger charge is 2.24. The number of carbonyl (C=O) groups excluding carboxylic acids is 2. The van der Waals surface area contributed by atoms with E-state index >= 15 is 0 Å². The first kappa shape index (κ1) is 18.2. The molecule has 1 aromatic heterocycles. The molecule has 0 saturated carbocycles. The highest BCUT2D eigenvalue weighted by molar-refractivity contribution is 9.10. The van der Waals surface area contributed by atoms with E-state index in [-0.39, 0.29) is 18.4 Å². The molecule has 2 rings (SSSR count). The predicted molar refractivity (Wildman–Crippen MR) is 94.9 cm³/mol. The molecule has 6 nitrogen and oxygen atoms in total. The molecule has 0 bridgehead atoms. The Labute approximate surface area is 149 Å². The summed E-state index contributed by atoms with van der Waals surface area (Å²) in [6.07, 6.45) is 0. The fourth-order valence-corrected chi connectivity index (χ4v) is 2.92. The van der Waals surface area contributed by atoms with Gasteiger partial charge in [-0.05, 0) is 45.0 Å². The number of esters is 1. The third-order valence-corrected chi connectivity index (χ3v) is 4.38. The number of anilines is 1. The molecule has 1 atom stereocenters. The van der Waals surface area contributed by atoms with Crippen LogP contribution in [0.2, 0.25) is 0 Å². The van der Waals surface area contributed by atoms with Crippen molar-refractivity contribution in [3.05, 3.63) is 45.7 Å². The van der Waals surface area contributed by atoms with Crippen molar-refractivity contribution in [1.82, 2.24) is 9.78 Å². The highest BCUT2D eigenvalue weighted by Crippen LogP contribution is 2.24. The zero-order chi connectivity index (χ0) is 17.9. The van der Waals surface area contributed by atoms with Crippen molar-refractivity contribution in [3.8, 4) is 0 Å². The minimum atomic E-state index is -0.418. The van der Waals surface area contributed by atoms with Crippen molar-refractivity contribution < 1.29 is 14.3 Å². The second-order valence-electron chi connectivity index (χ2n) is 5.54. The summed E-state index contributed by atoms with van der Waals surface area (Å²) in [6, 6.07) is 7.34. The van der Waals surface area contributed by atoms with Gasteiger partial charge in [0.2, 0.25) is 5.91 Å². The summed E-state index contributed by atoms with van der Waals surface area (Å²) in [5, 5.41) is 7.21. The topological polar surface area (TPSA) is 73.2 Å². The Hall–Kier alpha value is -2.15. The third kappa shape index (κ3) is 4.03. The highest BCUT2D eigenvalue weighted by atomic mass is 79.9. The van der Waals surface area contributed by atoms with Gasteiger partial charge >= 0.3 is 5.97 Å². The number of aryl methyl sites for hydroxylation is 1. The number of aromatic nitrogens is 2. The number of hydrogen-bond acceptors (Lipinski definition) is 4. The number of carbonyl (C=O) groups is 2. The maximum absolute atomic E-state index is 12.2. The number of methoxy groups -OCH3 is 1. The average Bonchev–Trinajstić information content (AvgIpc) is 2.82. The van der Waals surface area contributed by atoms with Gasteiger partial charge in [-0.2, -0.15) is 5.10 Å². The molecule has 2 aromatic rings. The number of halogens is 1. The molecular weight excluding hydrogens is 374 g/mol. The summed E-state index contributed by atoms with van der Waals surface area (Å²) >= 11 is 3.35. The van der Waals surface area contributed by atoms with Crippen LogP contribution in [0.15, 0.2) is 28.7 Å². The standard InChI is InChI=1S/C17H20BrN3O3/c1-10(17(23)24-4)16-11(2)20-21(12(16)3)9-15(22)19-14-7-5-13(18)6-8-14/h5-8,10H,9H2,1-4H3,(H,19,22). The van der Waals surface area contributed by atoms with E-state index in [1.165, 1.54) is 7.11 Å². The van der Waals surface area contributed by atoms with Gasteiger partial charge in [0.05, 0.1) is 18.7 Å². The molecule has 7 heteroatoms. The van der Waals surface area contributed by atoms with Crippen molar-refractivity contribution in [1.29, 1.82) is 0 Å². The smallest absolute Gasteiger partial charge is 0.312 e. The van der Waals surface area contributed by atoms with E-state index in [4.69, 9.17) is 4.74 Å². The van der Waals surface area contributed by atoms with E-state index in [1.54, 1.807) is 11.6 Å². The molecule has 1 aromatic carbocycles. The Balaban J connectivity index is 2.14. The summed E-state index contributed by atoms with van der Waals surface area (Å²) in [5.41, 5.74) is 3.03. The molecule has 1 amide bonds. The zero-order valence-electron chi connectivity index (χ0n) is 14.1. The maximum Gasteiger partial charge on any atom is 0.312 e. The van der Waals surface area contributed by atoms with Crippen LogP contribution in [0.5, 0.6) is 0 Å². The SMILES string of the molecule is COC(=O)C(C)c1c(C)nn(CC(=O)Nc2ccc(Br)cc2)c1C. The second kappa shape index (κ2) is 7.61. The molecule has 0 aliphatic rings. The Morgan fingerprint density at radius 3 is 2.50 bits per heavy atom. The van der Waals surface area contributed by atoms with Gasteiger partial charge in [-0.25, -0.2) is 0 Å². The number of nitrogens with zero attached hydrogens (tertiary/aromatic N) is 2. The molecule has 24 heavy (non-hydrogen) atoms. The van der Waals surface area contributed by atoms with Gasteiger partial charge in [-0.1, -0.05) is 15.9 Å². The second-order valence-corrected chi connectivity index (χ2v) is 6.46. The fourth-order valence-electron chi connectivity index (χ4n) is 2.66. The van der Waals surface area contributed by atoms with Gasteiger partial charge in [0.15, 0.2) is 0 Å². The molecule has 1 N–H and O–H groups in total. The molecule has 0 radical (unpaired) electrons. The van der Waals surface area contributed by atoms with Crippen molar-refractivity contribution in [2.24, 2.45) is 0 Å². The van der Waals surface area contributed by atoms with E-state index < -0.39 is 5.92 Å². The van der Waals surface area contributed by atoms with Gasteiger partial charge in [0, 0.05) is 21.4 Å². The number of nitrogens with one attached hydrogen (secondary N) is 1. The van der Waals surface area contributed by atoms with Crippen LogP contribution in [-0.4, -0.2) is 28.8 Å². The van der Waals surface area contributed by atoms with Crippen LogP contribution in [-0.2, 0) is 20.9 Å². The first-order valence-corrected chi connectivity index (χ1v) is 8.30. The van der Waals surface area contributed by atoms with Crippen molar-refractivity contribution in [2.75, 3.05) is 12.4 Å². The zero-order valence-corrected chi connectivity index (χ0v) is 15.7. The Bertz CT molecular complexity index is 753. The largest absolute Gasteiger partial charge is 0.469 e. The van der Waals surface area contributed by atoms with Crippen molar-refractivity contribution in [3.63, 3.8) is 0 Å². The molecule has 0 aliphatic carbocycles. The molecule has 0 saturated heterocycles. The van der Waals surface area contributed by atoms with Crippen LogP contribution in [0.1, 0.15) is 29.8 Å². The average molecular weight is 394 g/mol. The molecule has 128 valence electrons. The first-order chi connectivity index (χ1) is 11.3. The lowest BCUT2D eigenvalue weighted by Crippen LogP contribution is -2.20. The number of hydrogen-bond donors (Lipinski definition) is 1. The van der Waals surface area contributed by atoms with Crippen LogP contribution in [0, 0.1) is 13.8 Å². The van der Waals surface area contributed by atoms with E-state index in [2.05, 4.69) is 26.3 Å². The molecule has 0 fully saturated rings. The Morgan fingerprint density at radius 1 is 1.29 bits per heavy atom. The lowest BCUT2D eigenvalue weighted by molar-refractivity contribution is -0.142. The summed E-state index contributed by atoms with van der Waals surface area (Å²) in [4.78, 5) is 24.0. The van der Waals surface area contributed by atoms with Crippen LogP contribution in [0.25, 0.3) is 0 Å². The van der Waals surface area contributed by atoms with Gasteiger partial charge < -0.3 is 10.1 Å². The summed E-state index contributed by atoms with van der Waals surface area (Å²) in [5.74, 6) is -0.918. The molecule has 1 heterocycles. The monoisotopic (exact) mass is 393 g/mol. The van der Waals surface area contributed by atoms with Gasteiger partial charge in [0.25, 0.3) is 0 Å². The third-order valence-electron chi connectivity index (χ3n) is 3.85. The number of rotatable bonds is 5. The van der Waals surface area contributed by atoms with Crippen molar-refractivity contribution in [2.45, 2.75) is 33.2 Å². The van der Waals surface area contributed by atoms with E-state index in [0.29, 0.717) is 5.69 Å². The van der Waals surface area contributed by atoms with E-state index in [1.807, 2.05) is 38.1 Å². The lowest BCUT2D eigenvalue weighted by atomic mass is 9.99.